The molecule has 0 aliphatic heterocycles. The third-order valence-electron chi connectivity index (χ3n) is 16.4. The van der Waals surface area contributed by atoms with Crippen molar-refractivity contribution >= 4 is 19.8 Å². The molecule has 0 aliphatic rings. The van der Waals surface area contributed by atoms with E-state index in [-0.39, 0.29) is 38.6 Å². The normalized spacial score (nSPS) is 12.9. The van der Waals surface area contributed by atoms with Crippen LogP contribution in [0.4, 0.5) is 0 Å². The van der Waals surface area contributed by atoms with E-state index in [1.54, 1.807) is 0 Å². The lowest BCUT2D eigenvalue weighted by atomic mass is 10.0. The Morgan fingerprint density at radius 2 is 0.613 bits per heavy atom. The van der Waals surface area contributed by atoms with Crippen LogP contribution in [0.2, 0.25) is 0 Å². The number of allylic oxidation sites excluding steroid dienone is 2. The van der Waals surface area contributed by atoms with Gasteiger partial charge >= 0.3 is 19.8 Å². The second-order valence-electron chi connectivity index (χ2n) is 24.5. The maximum Gasteiger partial charge on any atom is 0.472 e. The molecule has 80 heavy (non-hydrogen) atoms. The number of hydrogen-bond donors (Lipinski definition) is 2. The van der Waals surface area contributed by atoms with Gasteiger partial charge in [-0.05, 0) is 38.5 Å². The molecule has 10 heteroatoms. The number of hydrogen-bond acceptors (Lipinski definition) is 8. The highest BCUT2D eigenvalue weighted by Gasteiger charge is 2.26. The summed E-state index contributed by atoms with van der Waals surface area (Å²) in [6.45, 7) is 3.84. The van der Waals surface area contributed by atoms with Crippen LogP contribution in [-0.4, -0.2) is 49.3 Å². The summed E-state index contributed by atoms with van der Waals surface area (Å²) in [6, 6.07) is 0. The molecule has 0 spiro atoms. The van der Waals surface area contributed by atoms with Gasteiger partial charge in [0.2, 0.25) is 0 Å². The van der Waals surface area contributed by atoms with Crippen molar-refractivity contribution in [3.05, 3.63) is 12.2 Å². The van der Waals surface area contributed by atoms with Crippen LogP contribution in [0.25, 0.3) is 0 Å². The number of phosphoric ester groups is 1. The van der Waals surface area contributed by atoms with Crippen molar-refractivity contribution in [3.8, 4) is 0 Å². The summed E-state index contributed by atoms with van der Waals surface area (Å²) in [5, 5.41) is 0. The van der Waals surface area contributed by atoms with Crippen LogP contribution in [0.5, 0.6) is 0 Å². The third kappa shape index (κ3) is 65.9. The van der Waals surface area contributed by atoms with Crippen molar-refractivity contribution in [2.45, 2.75) is 399 Å². The molecule has 0 aromatic rings. The fourth-order valence-electron chi connectivity index (χ4n) is 11.1. The smallest absolute Gasteiger partial charge is 0.462 e. The zero-order valence-electron chi connectivity index (χ0n) is 53.6. The molecule has 0 saturated heterocycles. The molecule has 3 N–H and O–H groups in total. The predicted octanol–water partition coefficient (Wildman–Crippen LogP) is 23.1. The van der Waals surface area contributed by atoms with Crippen molar-refractivity contribution in [2.24, 2.45) is 5.73 Å². The summed E-state index contributed by atoms with van der Waals surface area (Å²) in [7, 11) is -4.39. The monoisotopic (exact) mass is 1150 g/mol. The Bertz CT molecular complexity index is 1320. The number of carbonyl (C=O) groups excluding carboxylic acids is 2. The van der Waals surface area contributed by atoms with Crippen LogP contribution in [0.15, 0.2) is 12.2 Å². The first kappa shape index (κ1) is 78.8. The predicted molar refractivity (Wildman–Crippen MR) is 345 cm³/mol. The molecule has 0 aromatic heterocycles. The first-order valence-corrected chi connectivity index (χ1v) is 37.2. The average molecular weight is 1150 g/mol. The first-order chi connectivity index (χ1) is 39.3. The highest BCUT2D eigenvalue weighted by atomic mass is 31.2. The second kappa shape index (κ2) is 66.9. The Balaban J connectivity index is 3.79. The van der Waals surface area contributed by atoms with E-state index >= 15 is 0 Å². The summed E-state index contributed by atoms with van der Waals surface area (Å²) in [5.41, 5.74) is 5.40. The van der Waals surface area contributed by atoms with E-state index < -0.39 is 26.5 Å². The number of nitrogens with two attached hydrogens (primary N) is 1. The minimum absolute atomic E-state index is 0.0580. The molecule has 0 saturated carbocycles. The molecule has 0 heterocycles. The van der Waals surface area contributed by atoms with Crippen molar-refractivity contribution in [2.75, 3.05) is 26.4 Å². The molecular formula is C70H138NO8P. The van der Waals surface area contributed by atoms with E-state index in [9.17, 15) is 19.0 Å². The van der Waals surface area contributed by atoms with Crippen LogP contribution in [0, 0.1) is 0 Å². The number of esters is 2. The molecule has 0 aromatic carbocycles. The van der Waals surface area contributed by atoms with Gasteiger partial charge in [-0.25, -0.2) is 4.57 Å². The Morgan fingerprint density at radius 1 is 0.362 bits per heavy atom. The van der Waals surface area contributed by atoms with Gasteiger partial charge in [0.1, 0.15) is 6.61 Å². The zero-order valence-corrected chi connectivity index (χ0v) is 54.5. The van der Waals surface area contributed by atoms with E-state index in [2.05, 4.69) is 26.0 Å². The summed E-state index contributed by atoms with van der Waals surface area (Å²) in [4.78, 5) is 35.4. The van der Waals surface area contributed by atoms with Crippen LogP contribution < -0.4 is 5.73 Å². The van der Waals surface area contributed by atoms with E-state index in [0.717, 1.165) is 32.1 Å². The Morgan fingerprint density at radius 3 is 0.887 bits per heavy atom. The van der Waals surface area contributed by atoms with Gasteiger partial charge in [0, 0.05) is 19.4 Å². The highest BCUT2D eigenvalue weighted by molar-refractivity contribution is 7.47. The third-order valence-corrected chi connectivity index (χ3v) is 17.4. The van der Waals surface area contributed by atoms with Crippen molar-refractivity contribution < 1.29 is 37.6 Å². The second-order valence-corrected chi connectivity index (χ2v) is 25.9. The number of ether oxygens (including phenoxy) is 2. The Kier molecular flexibility index (Phi) is 65.8. The van der Waals surface area contributed by atoms with Gasteiger partial charge in [0.05, 0.1) is 13.2 Å². The quantitative estimate of drug-likeness (QED) is 0.0264. The maximum absolute atomic E-state index is 12.8. The number of unbranched alkanes of at least 4 members (excludes halogenated alkanes) is 54. The Labute approximate surface area is 498 Å². The molecule has 0 fully saturated rings. The minimum atomic E-state index is -4.39. The molecule has 0 amide bonds. The van der Waals surface area contributed by atoms with Crippen LogP contribution in [-0.2, 0) is 32.7 Å². The molecule has 2 unspecified atom stereocenters. The molecule has 0 aliphatic carbocycles. The number of rotatable bonds is 69. The Hall–Kier alpha value is -1.25. The van der Waals surface area contributed by atoms with Crippen LogP contribution in [0.1, 0.15) is 393 Å². The van der Waals surface area contributed by atoms with Gasteiger partial charge in [-0.3, -0.25) is 18.6 Å². The molecule has 0 radical (unpaired) electrons. The largest absolute Gasteiger partial charge is 0.472 e. The van der Waals surface area contributed by atoms with Gasteiger partial charge < -0.3 is 20.1 Å². The van der Waals surface area contributed by atoms with Gasteiger partial charge in [-0.2, -0.15) is 0 Å². The first-order valence-electron chi connectivity index (χ1n) is 35.7. The summed E-state index contributed by atoms with van der Waals surface area (Å²) < 4.78 is 33.2. The number of carbonyl (C=O) groups is 2. The summed E-state index contributed by atoms with van der Waals surface area (Å²) in [6.07, 6.45) is 80.4. The molecule has 476 valence electrons. The van der Waals surface area contributed by atoms with E-state index in [4.69, 9.17) is 24.3 Å². The topological polar surface area (TPSA) is 134 Å². The molecular weight excluding hydrogens is 1010 g/mol. The van der Waals surface area contributed by atoms with Gasteiger partial charge in [-0.1, -0.05) is 353 Å². The van der Waals surface area contributed by atoms with Crippen molar-refractivity contribution in [3.63, 3.8) is 0 Å². The summed E-state index contributed by atoms with van der Waals surface area (Å²) >= 11 is 0. The fourth-order valence-corrected chi connectivity index (χ4v) is 11.9. The van der Waals surface area contributed by atoms with Gasteiger partial charge in [-0.15, -0.1) is 0 Å². The van der Waals surface area contributed by atoms with Gasteiger partial charge in [0.25, 0.3) is 0 Å². The summed E-state index contributed by atoms with van der Waals surface area (Å²) in [5.74, 6) is -0.799. The lowest BCUT2D eigenvalue weighted by molar-refractivity contribution is -0.161. The fraction of sp³-hybridized carbons (Fsp3) is 0.943. The van der Waals surface area contributed by atoms with Crippen LogP contribution in [0.3, 0.4) is 0 Å². The van der Waals surface area contributed by atoms with Crippen molar-refractivity contribution in [1.29, 1.82) is 0 Å². The van der Waals surface area contributed by atoms with Crippen molar-refractivity contribution in [1.82, 2.24) is 0 Å². The molecule has 0 bridgehead atoms. The highest BCUT2D eigenvalue weighted by Crippen LogP contribution is 2.43. The molecule has 2 atom stereocenters. The molecule has 9 nitrogen and oxygen atoms in total. The lowest BCUT2D eigenvalue weighted by Crippen LogP contribution is -2.29. The standard InChI is InChI=1S/C70H138NO8P/c1-3-5-7-9-11-13-15-17-19-21-23-25-27-29-31-32-33-34-35-36-37-39-41-43-45-47-49-51-53-55-57-59-61-63-70(73)79-68(67-78-80(74,75)77-65-64-71)66-76-69(72)62-60-58-56-54-52-50-48-46-44-42-40-38-30-28-26-24-22-20-18-16-14-12-10-8-6-4-2/h21,23,68H,3-20,22,24-67,71H2,1-2H3,(H,74,75)/b23-21-. The molecule has 0 rings (SSSR count). The van der Waals surface area contributed by atoms with E-state index in [0.29, 0.717) is 6.42 Å². The number of phosphoric acid groups is 1. The SMILES string of the molecule is CCCCCCCCCC/C=C\CCCCCCCCCCCCCCCCCCCCCCCC(=O)OC(COC(=O)CCCCCCCCCCCCCCCCCCCCCCCCCCCC)COP(=O)(O)OCCN. The zero-order chi connectivity index (χ0) is 58.0. The van der Waals surface area contributed by atoms with Gasteiger partial charge in [0.15, 0.2) is 6.10 Å². The lowest BCUT2D eigenvalue weighted by Gasteiger charge is -2.19. The van der Waals surface area contributed by atoms with E-state index in [1.807, 2.05) is 0 Å². The van der Waals surface area contributed by atoms with Crippen LogP contribution >= 0.6 is 7.82 Å². The van der Waals surface area contributed by atoms with E-state index in [1.165, 1.54) is 327 Å². The maximum atomic E-state index is 12.8. The minimum Gasteiger partial charge on any atom is -0.462 e. The average Bonchev–Trinajstić information content (AvgIpc) is 3.45.